The smallest absolute Gasteiger partial charge is 0.271 e. The molecular formula is C23H22N2O5S. The number of rotatable bonds is 6. The summed E-state index contributed by atoms with van der Waals surface area (Å²) in [7, 11) is -4.24. The van der Waals surface area contributed by atoms with Gasteiger partial charge in [0.1, 0.15) is 5.75 Å². The minimum atomic E-state index is -4.24. The van der Waals surface area contributed by atoms with Gasteiger partial charge in [-0.3, -0.25) is 9.59 Å². The van der Waals surface area contributed by atoms with Crippen molar-refractivity contribution in [3.63, 3.8) is 0 Å². The largest absolute Gasteiger partial charge is 0.494 e. The Morgan fingerprint density at radius 2 is 1.74 bits per heavy atom. The summed E-state index contributed by atoms with van der Waals surface area (Å²) in [6.07, 6.45) is 0. The number of benzene rings is 3. The molecule has 0 N–H and O–H groups in total. The Morgan fingerprint density at radius 3 is 2.35 bits per heavy atom. The van der Waals surface area contributed by atoms with Crippen molar-refractivity contribution in [2.75, 3.05) is 22.4 Å². The van der Waals surface area contributed by atoms with Crippen LogP contribution in [0.15, 0.2) is 59.5 Å². The summed E-state index contributed by atoms with van der Waals surface area (Å²) < 4.78 is 33.5. The summed E-state index contributed by atoms with van der Waals surface area (Å²) in [5, 5.41) is 1.00. The number of ether oxygens (including phenoxy) is 1. The summed E-state index contributed by atoms with van der Waals surface area (Å²) in [6, 6.07) is 14.4. The quantitative estimate of drug-likeness (QED) is 0.582. The van der Waals surface area contributed by atoms with Crippen molar-refractivity contribution in [3.05, 3.63) is 60.2 Å². The third-order valence-corrected chi connectivity index (χ3v) is 7.11. The summed E-state index contributed by atoms with van der Waals surface area (Å²) in [6.45, 7) is 5.86. The van der Waals surface area contributed by atoms with Gasteiger partial charge in [0.2, 0.25) is 5.91 Å². The lowest BCUT2D eigenvalue weighted by atomic mass is 10.1. The van der Waals surface area contributed by atoms with Gasteiger partial charge in [0.25, 0.3) is 15.9 Å². The zero-order valence-electron chi connectivity index (χ0n) is 17.5. The minimum absolute atomic E-state index is 0.0251. The molecule has 0 saturated carbocycles. The molecule has 4 rings (SSSR count). The van der Waals surface area contributed by atoms with Gasteiger partial charge in [-0.1, -0.05) is 12.1 Å². The molecule has 0 bridgehead atoms. The Hall–Kier alpha value is -3.39. The zero-order chi connectivity index (χ0) is 22.3. The molecule has 8 heteroatoms. The maximum atomic E-state index is 13.6. The number of carbonyl (C=O) groups excluding carboxylic acids is 2. The van der Waals surface area contributed by atoms with Crippen LogP contribution in [0.3, 0.4) is 0 Å². The lowest BCUT2D eigenvalue weighted by Gasteiger charge is -2.23. The SMILES string of the molecule is CCOc1ccc(N(C(C)=O)S(=O)(=O)c2ccc3c4c(cccc24)C(=O)N3CC)cc1. The van der Waals surface area contributed by atoms with Crippen LogP contribution in [-0.4, -0.2) is 33.4 Å². The van der Waals surface area contributed by atoms with Crippen LogP contribution in [0, 0.1) is 0 Å². The minimum Gasteiger partial charge on any atom is -0.494 e. The van der Waals surface area contributed by atoms with Gasteiger partial charge in [-0.05, 0) is 56.3 Å². The number of hydrogen-bond donors (Lipinski definition) is 0. The molecule has 0 fully saturated rings. The fourth-order valence-corrected chi connectivity index (χ4v) is 5.61. The number of anilines is 2. The normalized spacial score (nSPS) is 13.0. The second-order valence-electron chi connectivity index (χ2n) is 7.08. The molecule has 7 nitrogen and oxygen atoms in total. The van der Waals surface area contributed by atoms with E-state index >= 15 is 0 Å². The number of amides is 2. The zero-order valence-corrected chi connectivity index (χ0v) is 18.3. The van der Waals surface area contributed by atoms with Crippen molar-refractivity contribution < 1.29 is 22.7 Å². The number of hydrogen-bond acceptors (Lipinski definition) is 5. The molecule has 3 aromatic carbocycles. The monoisotopic (exact) mass is 438 g/mol. The van der Waals surface area contributed by atoms with E-state index < -0.39 is 15.9 Å². The highest BCUT2D eigenvalue weighted by molar-refractivity contribution is 7.93. The van der Waals surface area contributed by atoms with Crippen LogP contribution in [-0.2, 0) is 14.8 Å². The van der Waals surface area contributed by atoms with Crippen molar-refractivity contribution in [1.82, 2.24) is 0 Å². The predicted molar refractivity (Wildman–Crippen MR) is 119 cm³/mol. The van der Waals surface area contributed by atoms with E-state index in [9.17, 15) is 18.0 Å². The highest BCUT2D eigenvalue weighted by atomic mass is 32.2. The number of sulfonamides is 1. The fourth-order valence-electron chi connectivity index (χ4n) is 3.99. The Balaban J connectivity index is 1.89. The van der Waals surface area contributed by atoms with E-state index in [4.69, 9.17) is 4.74 Å². The van der Waals surface area contributed by atoms with Crippen molar-refractivity contribution in [2.24, 2.45) is 0 Å². The van der Waals surface area contributed by atoms with Gasteiger partial charge < -0.3 is 9.64 Å². The van der Waals surface area contributed by atoms with E-state index in [2.05, 4.69) is 0 Å². The molecule has 0 spiro atoms. The van der Waals surface area contributed by atoms with E-state index in [-0.39, 0.29) is 16.5 Å². The first kappa shape index (κ1) is 20.9. The van der Waals surface area contributed by atoms with Crippen molar-refractivity contribution in [1.29, 1.82) is 0 Å². The molecule has 31 heavy (non-hydrogen) atoms. The Bertz CT molecular complexity index is 1300. The molecule has 1 heterocycles. The van der Waals surface area contributed by atoms with E-state index in [1.54, 1.807) is 41.3 Å². The fraction of sp³-hybridized carbons (Fsp3) is 0.217. The van der Waals surface area contributed by atoms with Crippen molar-refractivity contribution in [3.8, 4) is 5.75 Å². The second kappa shape index (κ2) is 7.70. The molecule has 3 aromatic rings. The van der Waals surface area contributed by atoms with Crippen molar-refractivity contribution in [2.45, 2.75) is 25.7 Å². The topological polar surface area (TPSA) is 84.0 Å². The van der Waals surface area contributed by atoms with Crippen molar-refractivity contribution >= 4 is 44.0 Å². The standard InChI is InChI=1S/C23H22N2O5S/c1-4-24-20-13-14-21(18-7-6-8-19(22(18)20)23(24)27)31(28,29)25(15(3)26)16-9-11-17(12-10-16)30-5-2/h6-14H,4-5H2,1-3H3. The lowest BCUT2D eigenvalue weighted by Crippen LogP contribution is -2.35. The first-order valence-corrected chi connectivity index (χ1v) is 11.4. The molecule has 0 aliphatic carbocycles. The Morgan fingerprint density at radius 1 is 1.03 bits per heavy atom. The summed E-state index contributed by atoms with van der Waals surface area (Å²) in [4.78, 5) is 26.8. The van der Waals surface area contributed by atoms with Gasteiger partial charge >= 0.3 is 0 Å². The molecule has 0 saturated heterocycles. The average Bonchev–Trinajstić information content (AvgIpc) is 3.02. The molecule has 0 atom stereocenters. The van der Waals surface area contributed by atoms with Gasteiger partial charge in [0.15, 0.2) is 0 Å². The van der Waals surface area contributed by atoms with Gasteiger partial charge in [0.05, 0.1) is 22.9 Å². The van der Waals surface area contributed by atoms with Crippen LogP contribution in [0.5, 0.6) is 5.75 Å². The second-order valence-corrected chi connectivity index (χ2v) is 8.83. The number of nitrogens with zero attached hydrogens (tertiary/aromatic N) is 2. The first-order valence-electron chi connectivity index (χ1n) is 9.97. The van der Waals surface area contributed by atoms with Crippen LogP contribution < -0.4 is 13.9 Å². The maximum absolute atomic E-state index is 13.6. The molecule has 0 aromatic heterocycles. The summed E-state index contributed by atoms with van der Waals surface area (Å²) in [5.41, 5.74) is 1.35. The third-order valence-electron chi connectivity index (χ3n) is 5.25. The van der Waals surface area contributed by atoms with Gasteiger partial charge in [0, 0.05) is 29.8 Å². The van der Waals surface area contributed by atoms with Crippen LogP contribution in [0.2, 0.25) is 0 Å². The Labute approximate surface area is 180 Å². The molecular weight excluding hydrogens is 416 g/mol. The Kier molecular flexibility index (Phi) is 5.18. The highest BCUT2D eigenvalue weighted by Crippen LogP contribution is 2.41. The van der Waals surface area contributed by atoms with E-state index in [1.807, 2.05) is 13.8 Å². The summed E-state index contributed by atoms with van der Waals surface area (Å²) >= 11 is 0. The van der Waals surface area contributed by atoms with Gasteiger partial charge in [-0.25, -0.2) is 12.7 Å². The van der Waals surface area contributed by atoms with Crippen LogP contribution in [0.1, 0.15) is 31.1 Å². The molecule has 160 valence electrons. The highest BCUT2D eigenvalue weighted by Gasteiger charge is 2.35. The first-order chi connectivity index (χ1) is 14.8. The van der Waals surface area contributed by atoms with E-state index in [0.29, 0.717) is 40.9 Å². The molecule has 0 radical (unpaired) electrons. The van der Waals surface area contributed by atoms with Gasteiger partial charge in [-0.15, -0.1) is 0 Å². The average molecular weight is 439 g/mol. The predicted octanol–water partition coefficient (Wildman–Crippen LogP) is 3.96. The van der Waals surface area contributed by atoms with Gasteiger partial charge in [-0.2, -0.15) is 0 Å². The summed E-state index contributed by atoms with van der Waals surface area (Å²) in [5.74, 6) is -0.220. The number of carbonyl (C=O) groups is 2. The van der Waals surface area contributed by atoms with E-state index in [0.717, 1.165) is 4.31 Å². The lowest BCUT2D eigenvalue weighted by molar-refractivity contribution is -0.115. The third kappa shape index (κ3) is 3.23. The molecule has 1 aliphatic rings. The molecule has 0 unspecified atom stereocenters. The molecule has 1 aliphatic heterocycles. The van der Waals surface area contributed by atoms with Crippen LogP contribution in [0.4, 0.5) is 11.4 Å². The van der Waals surface area contributed by atoms with E-state index in [1.165, 1.54) is 25.1 Å². The molecule has 2 amide bonds. The maximum Gasteiger partial charge on any atom is 0.271 e. The van der Waals surface area contributed by atoms with Crippen LogP contribution in [0.25, 0.3) is 10.8 Å². The van der Waals surface area contributed by atoms with Crippen LogP contribution >= 0.6 is 0 Å².